The molecule has 2 atom stereocenters. The molecule has 0 fully saturated rings. The quantitative estimate of drug-likeness (QED) is 0.0593. The van der Waals surface area contributed by atoms with Crippen LogP contribution in [0, 0.1) is 23.3 Å². The van der Waals surface area contributed by atoms with Crippen LogP contribution in [0.3, 0.4) is 0 Å². The zero-order valence-electron chi connectivity index (χ0n) is 38.7. The van der Waals surface area contributed by atoms with Gasteiger partial charge in [-0.1, -0.05) is 36.4 Å². The number of nitrogens with two attached hydrogens (primary N) is 3. The SMILES string of the molecule is CC(C)(C)OC(=O)NCc1cc(C(=O)c2cc(F)cc(OC(F)(F)C(F)F)c2)ccc1F.CC(C)(C)[S@](N)=O.NCc1cc([C@](N)(Cc2ccccc2)c2cc(F)cc(OC(F)(F)C(F)F)c2)ccc1F. The molecule has 10 nitrogen and oxygen atoms in total. The van der Waals surface area contributed by atoms with E-state index in [0.717, 1.165) is 36.4 Å². The molecular formula is C48H50F12N4O6S. The molecule has 0 radical (unpaired) electrons. The third kappa shape index (κ3) is 17.9. The second kappa shape index (κ2) is 24.3. The third-order valence-corrected chi connectivity index (χ3v) is 10.6. The molecule has 0 aromatic heterocycles. The number of rotatable bonds is 15. The summed E-state index contributed by atoms with van der Waals surface area (Å²) in [4.78, 5) is 24.4. The molecule has 0 heterocycles. The number of alkyl carbamates (subject to hydrolysis) is 1. The van der Waals surface area contributed by atoms with Gasteiger partial charge < -0.3 is 31.0 Å². The summed E-state index contributed by atoms with van der Waals surface area (Å²) < 4.78 is 182. The van der Waals surface area contributed by atoms with E-state index in [9.17, 15) is 66.5 Å². The number of nitrogens with one attached hydrogen (secondary N) is 1. The van der Waals surface area contributed by atoms with Gasteiger partial charge in [-0.3, -0.25) is 9.93 Å². The van der Waals surface area contributed by atoms with Gasteiger partial charge in [0.05, 0.1) is 21.3 Å². The molecule has 388 valence electrons. The van der Waals surface area contributed by atoms with Crippen molar-refractivity contribution >= 4 is 22.9 Å². The molecule has 0 spiro atoms. The van der Waals surface area contributed by atoms with Gasteiger partial charge in [0, 0.05) is 47.5 Å². The highest BCUT2D eigenvalue weighted by atomic mass is 32.2. The number of hydrogen-bond acceptors (Lipinski definition) is 8. The number of ketones is 1. The summed E-state index contributed by atoms with van der Waals surface area (Å²) in [7, 11) is -1.18. The van der Waals surface area contributed by atoms with E-state index < -0.39 is 99.4 Å². The first-order chi connectivity index (χ1) is 32.7. The Morgan fingerprint density at radius 2 is 1.15 bits per heavy atom. The summed E-state index contributed by atoms with van der Waals surface area (Å²) in [5, 5.41) is 7.35. The van der Waals surface area contributed by atoms with Gasteiger partial charge in [0.25, 0.3) is 0 Å². The number of carbonyl (C=O) groups excluding carboxylic acids is 2. The minimum Gasteiger partial charge on any atom is -0.444 e. The highest BCUT2D eigenvalue weighted by Gasteiger charge is 2.45. The second-order valence-corrected chi connectivity index (χ2v) is 19.1. The Hall–Kier alpha value is -6.17. The fourth-order valence-electron chi connectivity index (χ4n) is 5.83. The van der Waals surface area contributed by atoms with E-state index in [1.165, 1.54) is 12.1 Å². The van der Waals surface area contributed by atoms with Gasteiger partial charge in [0.2, 0.25) is 0 Å². The lowest BCUT2D eigenvalue weighted by molar-refractivity contribution is -0.253. The number of alkyl halides is 8. The van der Waals surface area contributed by atoms with Crippen LogP contribution < -0.4 is 31.4 Å². The first-order valence-corrected chi connectivity index (χ1v) is 22.0. The molecule has 23 heteroatoms. The van der Waals surface area contributed by atoms with Crippen molar-refractivity contribution in [2.45, 2.75) is 102 Å². The summed E-state index contributed by atoms with van der Waals surface area (Å²) in [5.41, 5.74) is 10.3. The summed E-state index contributed by atoms with van der Waals surface area (Å²) >= 11 is 0. The Morgan fingerprint density at radius 1 is 0.648 bits per heavy atom. The molecule has 0 saturated carbocycles. The van der Waals surface area contributed by atoms with E-state index in [1.807, 2.05) is 20.8 Å². The molecule has 1 amide bonds. The molecule has 0 aliphatic carbocycles. The van der Waals surface area contributed by atoms with Crippen LogP contribution >= 0.6 is 0 Å². The molecule has 0 bridgehead atoms. The molecule has 0 saturated heterocycles. The first-order valence-electron chi connectivity index (χ1n) is 20.8. The Balaban J connectivity index is 0.000000331. The maximum Gasteiger partial charge on any atom is 0.461 e. The zero-order chi connectivity index (χ0) is 53.9. The molecular weight excluding hydrogens is 989 g/mol. The van der Waals surface area contributed by atoms with Crippen LogP contribution in [0.5, 0.6) is 11.5 Å². The highest BCUT2D eigenvalue weighted by Crippen LogP contribution is 2.37. The van der Waals surface area contributed by atoms with Crippen LogP contribution in [-0.4, -0.2) is 51.5 Å². The predicted molar refractivity (Wildman–Crippen MR) is 240 cm³/mol. The van der Waals surface area contributed by atoms with E-state index in [0.29, 0.717) is 35.4 Å². The fourth-order valence-corrected chi connectivity index (χ4v) is 5.83. The number of amides is 1. The van der Waals surface area contributed by atoms with Crippen LogP contribution in [0.25, 0.3) is 0 Å². The number of benzene rings is 5. The number of halogens is 12. The average molecular weight is 1040 g/mol. The summed E-state index contributed by atoms with van der Waals surface area (Å²) in [5.74, 6) is -6.29. The molecule has 71 heavy (non-hydrogen) atoms. The molecule has 5 rings (SSSR count). The largest absolute Gasteiger partial charge is 0.461 e. The van der Waals surface area contributed by atoms with Crippen molar-refractivity contribution in [3.8, 4) is 11.5 Å². The van der Waals surface area contributed by atoms with Crippen LogP contribution in [0.2, 0.25) is 0 Å². The van der Waals surface area contributed by atoms with Gasteiger partial charge in [-0.25, -0.2) is 26.6 Å². The summed E-state index contributed by atoms with van der Waals surface area (Å²) in [6, 6.07) is 20.0. The summed E-state index contributed by atoms with van der Waals surface area (Å²) in [6.45, 7) is 9.90. The number of hydrogen-bond donors (Lipinski definition) is 4. The van der Waals surface area contributed by atoms with Gasteiger partial charge in [0.1, 0.15) is 40.4 Å². The Kier molecular flexibility index (Phi) is 20.2. The predicted octanol–water partition coefficient (Wildman–Crippen LogP) is 11.0. The molecule has 0 unspecified atom stereocenters. The zero-order valence-corrected chi connectivity index (χ0v) is 39.5. The van der Waals surface area contributed by atoms with Gasteiger partial charge >= 0.3 is 31.2 Å². The lowest BCUT2D eigenvalue weighted by Gasteiger charge is -2.32. The van der Waals surface area contributed by atoms with Crippen LogP contribution in [0.4, 0.5) is 57.5 Å². The maximum absolute atomic E-state index is 14.4. The van der Waals surface area contributed by atoms with Crippen molar-refractivity contribution in [1.29, 1.82) is 0 Å². The third-order valence-electron chi connectivity index (χ3n) is 9.38. The summed E-state index contributed by atoms with van der Waals surface area (Å²) in [6.07, 6.45) is -18.8. The molecule has 7 N–H and O–H groups in total. The van der Waals surface area contributed by atoms with Crippen molar-refractivity contribution in [3.63, 3.8) is 0 Å². The smallest absolute Gasteiger partial charge is 0.444 e. The van der Waals surface area contributed by atoms with Gasteiger partial charge in [-0.05, 0) is 119 Å². The van der Waals surface area contributed by atoms with E-state index in [2.05, 4.69) is 14.8 Å². The Bertz CT molecular complexity index is 2630. The van der Waals surface area contributed by atoms with E-state index in [4.69, 9.17) is 21.3 Å². The van der Waals surface area contributed by atoms with Crippen molar-refractivity contribution in [2.24, 2.45) is 16.6 Å². The molecule has 0 aliphatic heterocycles. The van der Waals surface area contributed by atoms with Gasteiger partial charge in [-0.2, -0.15) is 35.1 Å². The lowest BCUT2D eigenvalue weighted by Crippen LogP contribution is -2.41. The van der Waals surface area contributed by atoms with Gasteiger partial charge in [0.15, 0.2) is 5.78 Å². The normalized spacial score (nSPS) is 13.2. The van der Waals surface area contributed by atoms with Crippen molar-refractivity contribution < 1.29 is 80.7 Å². The number of ether oxygens (including phenoxy) is 3. The topological polar surface area (TPSA) is 169 Å². The van der Waals surface area contributed by atoms with Crippen LogP contribution in [0.15, 0.2) is 103 Å². The average Bonchev–Trinajstić information content (AvgIpc) is 3.25. The monoisotopic (exact) mass is 1040 g/mol. The number of carbonyl (C=O) groups is 2. The van der Waals surface area contributed by atoms with E-state index in [1.54, 1.807) is 51.1 Å². The fraction of sp³-hybridized carbons (Fsp3) is 0.333. The van der Waals surface area contributed by atoms with E-state index >= 15 is 0 Å². The van der Waals surface area contributed by atoms with Gasteiger partial charge in [-0.15, -0.1) is 0 Å². The standard InChI is InChI=1S/C23H20F6N2O.C21H19F6NO4.C4H11NOS/c24-18-9-17(10-19(11-18)32-23(28,29)21(26)27)22(31,12-14-4-2-1-3-5-14)16-6-7-20(25)15(8-16)13-30;1-20(2,3)32-19(30)28-10-13-6-11(4-5-16(13)23)17(29)12-7-14(22)9-15(8-12)31-21(26,27)18(24)25;1-4(2,3)7(5)6/h1-11,21H,12-13,30-31H2;4-9,18H,10H2,1-3H3,(H,28,30);5H2,1-3H3/t22-;;7-/m1.1/s1. The highest BCUT2D eigenvalue weighted by molar-refractivity contribution is 7.84. The molecule has 5 aromatic carbocycles. The Labute approximate surface area is 403 Å². The first kappa shape index (κ1) is 59.1. The van der Waals surface area contributed by atoms with Crippen molar-refractivity contribution in [2.75, 3.05) is 0 Å². The maximum atomic E-state index is 14.4. The van der Waals surface area contributed by atoms with Crippen molar-refractivity contribution in [3.05, 3.63) is 165 Å². The van der Waals surface area contributed by atoms with E-state index in [-0.39, 0.29) is 46.5 Å². The molecule has 5 aromatic rings. The molecule has 0 aliphatic rings. The Morgan fingerprint density at radius 3 is 1.66 bits per heavy atom. The second-order valence-electron chi connectivity index (χ2n) is 17.3. The lowest BCUT2D eigenvalue weighted by atomic mass is 9.78. The van der Waals surface area contributed by atoms with Crippen molar-refractivity contribution in [1.82, 2.24) is 5.32 Å². The van der Waals surface area contributed by atoms with Crippen LogP contribution in [0.1, 0.15) is 85.3 Å². The van der Waals surface area contributed by atoms with Crippen LogP contribution in [-0.2, 0) is 40.8 Å². The minimum atomic E-state index is -4.90. The minimum absolute atomic E-state index is 0.0315.